The molecule has 0 N–H and O–H groups in total. The lowest BCUT2D eigenvalue weighted by Gasteiger charge is -2.46. The molecule has 1 nitrogen and oxygen atoms in total. The molecular weight excluding hydrogens is 208 g/mol. The number of rotatable bonds is 2. The van der Waals surface area contributed by atoms with Crippen LogP contribution in [0.4, 0.5) is 0 Å². The van der Waals surface area contributed by atoms with Gasteiger partial charge in [0.15, 0.2) is 0 Å². The average molecular weight is 234 g/mol. The lowest BCUT2D eigenvalue weighted by Crippen LogP contribution is -2.35. The van der Waals surface area contributed by atoms with Crippen molar-refractivity contribution in [2.75, 3.05) is 7.11 Å². The van der Waals surface area contributed by atoms with Gasteiger partial charge in [-0.15, -0.1) is 0 Å². The van der Waals surface area contributed by atoms with Gasteiger partial charge in [0.1, 0.15) is 0 Å². The van der Waals surface area contributed by atoms with Gasteiger partial charge in [-0.1, -0.05) is 24.6 Å². The van der Waals surface area contributed by atoms with Gasteiger partial charge < -0.3 is 4.74 Å². The predicted molar refractivity (Wildman–Crippen MR) is 73.0 cm³/mol. The van der Waals surface area contributed by atoms with Crippen molar-refractivity contribution in [3.63, 3.8) is 0 Å². The van der Waals surface area contributed by atoms with E-state index in [9.17, 15) is 0 Å². The molecule has 1 heteroatoms. The van der Waals surface area contributed by atoms with Gasteiger partial charge in [-0.25, -0.2) is 0 Å². The van der Waals surface area contributed by atoms with Crippen LogP contribution in [0.1, 0.15) is 52.9 Å². The minimum Gasteiger partial charge on any atom is -0.377 e. The molecule has 0 spiro atoms. The first-order valence-corrected chi connectivity index (χ1v) is 6.86. The molecule has 3 atom stereocenters. The minimum absolute atomic E-state index is 0.363. The number of allylic oxidation sites excluding steroid dienone is 2. The highest BCUT2D eigenvalue weighted by atomic mass is 16.5. The summed E-state index contributed by atoms with van der Waals surface area (Å²) in [5, 5.41) is 0. The van der Waals surface area contributed by atoms with Crippen molar-refractivity contribution in [1.82, 2.24) is 0 Å². The third-order valence-electron chi connectivity index (χ3n) is 5.12. The summed E-state index contributed by atoms with van der Waals surface area (Å²) in [7, 11) is 1.84. The predicted octanol–water partition coefficient (Wildman–Crippen LogP) is 4.49. The standard InChI is InChI=1S/C16H26O/c1-11(2)13-6-8-16(4)9-7-15(17-5)12(3)14(16)10-13/h13,15H,1,6-10H2,2-5H3/t13-,15+,16+/m1/s1. The first-order valence-electron chi connectivity index (χ1n) is 6.86. The van der Waals surface area contributed by atoms with Gasteiger partial charge in [0.25, 0.3) is 0 Å². The zero-order valence-electron chi connectivity index (χ0n) is 11.8. The fraction of sp³-hybridized carbons (Fsp3) is 0.750. The molecule has 0 radical (unpaired) electrons. The molecule has 1 fully saturated rings. The van der Waals surface area contributed by atoms with E-state index in [-0.39, 0.29) is 0 Å². The zero-order valence-corrected chi connectivity index (χ0v) is 11.8. The molecule has 1 saturated carbocycles. The van der Waals surface area contributed by atoms with E-state index in [2.05, 4.69) is 27.4 Å². The number of hydrogen-bond acceptors (Lipinski definition) is 1. The van der Waals surface area contributed by atoms with Crippen LogP contribution in [0.5, 0.6) is 0 Å². The molecule has 2 rings (SSSR count). The summed E-state index contributed by atoms with van der Waals surface area (Å²) in [6, 6.07) is 0. The van der Waals surface area contributed by atoms with E-state index in [0.717, 1.165) is 0 Å². The molecule has 0 amide bonds. The Morgan fingerprint density at radius 2 is 2.00 bits per heavy atom. The molecule has 0 heterocycles. The van der Waals surface area contributed by atoms with Crippen molar-refractivity contribution in [2.45, 2.75) is 59.0 Å². The van der Waals surface area contributed by atoms with Crippen molar-refractivity contribution in [1.29, 1.82) is 0 Å². The fourth-order valence-electron chi connectivity index (χ4n) is 3.73. The zero-order chi connectivity index (χ0) is 12.6. The second-order valence-corrected chi connectivity index (χ2v) is 6.27. The first-order chi connectivity index (χ1) is 7.98. The smallest absolute Gasteiger partial charge is 0.0781 e. The van der Waals surface area contributed by atoms with Crippen LogP contribution in [0, 0.1) is 11.3 Å². The lowest BCUT2D eigenvalue weighted by molar-refractivity contribution is 0.0862. The second kappa shape index (κ2) is 4.61. The molecule has 96 valence electrons. The van der Waals surface area contributed by atoms with Gasteiger partial charge in [-0.3, -0.25) is 0 Å². The molecule has 0 unspecified atom stereocenters. The van der Waals surface area contributed by atoms with E-state index in [1.54, 1.807) is 5.57 Å². The monoisotopic (exact) mass is 234 g/mol. The topological polar surface area (TPSA) is 9.23 Å². The maximum absolute atomic E-state index is 5.61. The number of hydrogen-bond donors (Lipinski definition) is 0. The van der Waals surface area contributed by atoms with Gasteiger partial charge in [-0.05, 0) is 62.9 Å². The van der Waals surface area contributed by atoms with Crippen molar-refractivity contribution >= 4 is 0 Å². The quantitative estimate of drug-likeness (QED) is 0.639. The van der Waals surface area contributed by atoms with E-state index >= 15 is 0 Å². The third-order valence-corrected chi connectivity index (χ3v) is 5.12. The molecule has 2 aliphatic rings. The minimum atomic E-state index is 0.363. The second-order valence-electron chi connectivity index (χ2n) is 6.27. The lowest BCUT2D eigenvalue weighted by atomic mass is 9.60. The molecular formula is C16H26O. The maximum Gasteiger partial charge on any atom is 0.0781 e. The molecule has 2 aliphatic carbocycles. The Kier molecular flexibility index (Phi) is 3.49. The maximum atomic E-state index is 5.61. The van der Waals surface area contributed by atoms with E-state index in [0.29, 0.717) is 17.4 Å². The Morgan fingerprint density at radius 3 is 2.59 bits per heavy atom. The van der Waals surface area contributed by atoms with Crippen molar-refractivity contribution in [2.24, 2.45) is 11.3 Å². The summed E-state index contributed by atoms with van der Waals surface area (Å²) >= 11 is 0. The van der Waals surface area contributed by atoms with Crippen LogP contribution in [0.25, 0.3) is 0 Å². The highest BCUT2D eigenvalue weighted by Gasteiger charge is 2.40. The number of ether oxygens (including phenoxy) is 1. The fourth-order valence-corrected chi connectivity index (χ4v) is 3.73. The highest BCUT2D eigenvalue weighted by Crippen LogP contribution is 2.52. The van der Waals surface area contributed by atoms with Crippen LogP contribution in [0.15, 0.2) is 23.3 Å². The Morgan fingerprint density at radius 1 is 1.35 bits per heavy atom. The van der Waals surface area contributed by atoms with E-state index in [4.69, 9.17) is 4.74 Å². The molecule has 17 heavy (non-hydrogen) atoms. The molecule has 0 aliphatic heterocycles. The Labute approximate surface area is 106 Å². The average Bonchev–Trinajstić information content (AvgIpc) is 2.29. The van der Waals surface area contributed by atoms with E-state index in [1.165, 1.54) is 43.3 Å². The highest BCUT2D eigenvalue weighted by molar-refractivity contribution is 5.30. The summed E-state index contributed by atoms with van der Waals surface area (Å²) < 4.78 is 5.61. The molecule has 0 bridgehead atoms. The van der Waals surface area contributed by atoms with Crippen molar-refractivity contribution < 1.29 is 4.74 Å². The summed E-state index contributed by atoms with van der Waals surface area (Å²) in [5.41, 5.74) is 4.99. The van der Waals surface area contributed by atoms with Crippen molar-refractivity contribution in [3.05, 3.63) is 23.3 Å². The van der Waals surface area contributed by atoms with Crippen LogP contribution in [-0.2, 0) is 4.74 Å². The molecule has 0 saturated heterocycles. The van der Waals surface area contributed by atoms with Crippen LogP contribution in [0.3, 0.4) is 0 Å². The summed E-state index contributed by atoms with van der Waals surface area (Å²) in [6.45, 7) is 11.1. The van der Waals surface area contributed by atoms with E-state index < -0.39 is 0 Å². The van der Waals surface area contributed by atoms with Gasteiger partial charge in [-0.2, -0.15) is 0 Å². The van der Waals surface area contributed by atoms with Gasteiger partial charge in [0.2, 0.25) is 0 Å². The Bertz CT molecular complexity index is 353. The first kappa shape index (κ1) is 12.9. The van der Waals surface area contributed by atoms with Crippen LogP contribution >= 0.6 is 0 Å². The van der Waals surface area contributed by atoms with E-state index in [1.807, 2.05) is 7.11 Å². The van der Waals surface area contributed by atoms with Gasteiger partial charge in [0.05, 0.1) is 6.10 Å². The van der Waals surface area contributed by atoms with Crippen LogP contribution in [-0.4, -0.2) is 13.2 Å². The summed E-state index contributed by atoms with van der Waals surface area (Å²) in [5.74, 6) is 0.698. The van der Waals surface area contributed by atoms with Crippen LogP contribution < -0.4 is 0 Å². The number of methoxy groups -OCH3 is 1. The largest absolute Gasteiger partial charge is 0.377 e. The Balaban J connectivity index is 2.30. The molecule has 0 aromatic carbocycles. The third kappa shape index (κ3) is 2.22. The SMILES string of the molecule is C=C(C)[C@@H]1CC[C@@]2(C)CC[C@H](OC)C(C)=C2C1. The van der Waals surface area contributed by atoms with Crippen LogP contribution in [0.2, 0.25) is 0 Å². The van der Waals surface area contributed by atoms with Gasteiger partial charge in [0, 0.05) is 7.11 Å². The van der Waals surface area contributed by atoms with Crippen molar-refractivity contribution in [3.8, 4) is 0 Å². The normalized spacial score (nSPS) is 37.9. The molecule has 0 aromatic rings. The van der Waals surface area contributed by atoms with Gasteiger partial charge >= 0.3 is 0 Å². The molecule has 0 aromatic heterocycles. The Hall–Kier alpha value is -0.560. The number of fused-ring (bicyclic) bond motifs is 1. The summed E-state index contributed by atoms with van der Waals surface area (Å²) in [6.07, 6.45) is 6.72. The summed E-state index contributed by atoms with van der Waals surface area (Å²) in [4.78, 5) is 0.